The zero-order chi connectivity index (χ0) is 15.7. The number of amides is 1. The predicted molar refractivity (Wildman–Crippen MR) is 81.5 cm³/mol. The first-order chi connectivity index (χ1) is 9.81. The van der Waals surface area contributed by atoms with Gasteiger partial charge in [0.25, 0.3) is 5.91 Å². The average Bonchev–Trinajstić information content (AvgIpc) is 2.74. The Bertz CT molecular complexity index is 715. The van der Waals surface area contributed by atoms with E-state index < -0.39 is 5.97 Å². The van der Waals surface area contributed by atoms with Crippen LogP contribution in [0.15, 0.2) is 24.3 Å². The number of carbonyl (C=O) groups excluding carboxylic acids is 1. The van der Waals surface area contributed by atoms with Crippen molar-refractivity contribution in [3.05, 3.63) is 51.3 Å². The third-order valence-corrected chi connectivity index (χ3v) is 3.73. The zero-order valence-corrected chi connectivity index (χ0v) is 12.8. The van der Waals surface area contributed by atoms with E-state index in [-0.39, 0.29) is 27.2 Å². The third kappa shape index (κ3) is 3.04. The number of nitrogens with one attached hydrogen (secondary N) is 1. The maximum Gasteiger partial charge on any atom is 0.335 e. The maximum absolute atomic E-state index is 12.2. The van der Waals surface area contributed by atoms with Crippen LogP contribution in [0, 0.1) is 6.92 Å². The highest BCUT2D eigenvalue weighted by Crippen LogP contribution is 2.32. The van der Waals surface area contributed by atoms with Crippen LogP contribution in [-0.2, 0) is 7.05 Å². The highest BCUT2D eigenvalue weighted by atomic mass is 35.5. The number of aryl methyl sites for hydroxylation is 1. The summed E-state index contributed by atoms with van der Waals surface area (Å²) in [7, 11) is 1.76. The summed E-state index contributed by atoms with van der Waals surface area (Å²) in [6, 6.07) is 5.97. The lowest BCUT2D eigenvalue weighted by atomic mass is 10.2. The minimum Gasteiger partial charge on any atom is -0.478 e. The second-order valence-corrected chi connectivity index (χ2v) is 5.31. The van der Waals surface area contributed by atoms with Gasteiger partial charge in [0.2, 0.25) is 0 Å². The van der Waals surface area contributed by atoms with E-state index in [2.05, 4.69) is 5.32 Å². The Hall–Kier alpha value is -1.98. The standard InChI is InChI=1S/C14H12Cl2N2O3/c1-7-3-4-11(18(7)2)13(19)17-12-9(15)5-8(14(20)21)6-10(12)16/h3-6H,1-2H3,(H,17,19)(H,20,21). The van der Waals surface area contributed by atoms with Crippen LogP contribution in [0.3, 0.4) is 0 Å². The summed E-state index contributed by atoms with van der Waals surface area (Å²) in [6.07, 6.45) is 0. The maximum atomic E-state index is 12.2. The summed E-state index contributed by atoms with van der Waals surface area (Å²) in [6.45, 7) is 1.87. The van der Waals surface area contributed by atoms with Gasteiger partial charge in [-0.2, -0.15) is 0 Å². The Morgan fingerprint density at radius 3 is 2.19 bits per heavy atom. The summed E-state index contributed by atoms with van der Waals surface area (Å²) >= 11 is 12.0. The highest BCUT2D eigenvalue weighted by molar-refractivity contribution is 6.40. The number of carboxylic acid groups (broad SMARTS) is 1. The molecule has 0 spiro atoms. The van der Waals surface area contributed by atoms with Crippen molar-refractivity contribution in [1.82, 2.24) is 4.57 Å². The van der Waals surface area contributed by atoms with Crippen LogP contribution in [0.2, 0.25) is 10.0 Å². The van der Waals surface area contributed by atoms with Gasteiger partial charge in [0.05, 0.1) is 21.3 Å². The van der Waals surface area contributed by atoms with Crippen molar-refractivity contribution in [2.45, 2.75) is 6.92 Å². The number of rotatable bonds is 3. The van der Waals surface area contributed by atoms with Gasteiger partial charge >= 0.3 is 5.97 Å². The van der Waals surface area contributed by atoms with E-state index in [1.54, 1.807) is 17.7 Å². The Balaban J connectivity index is 2.34. The molecule has 5 nitrogen and oxygen atoms in total. The molecule has 1 aromatic heterocycles. The van der Waals surface area contributed by atoms with Crippen molar-refractivity contribution >= 4 is 40.8 Å². The fraction of sp³-hybridized carbons (Fsp3) is 0.143. The summed E-state index contributed by atoms with van der Waals surface area (Å²) < 4.78 is 1.72. The summed E-state index contributed by atoms with van der Waals surface area (Å²) in [5, 5.41) is 11.7. The van der Waals surface area contributed by atoms with Gasteiger partial charge in [-0.1, -0.05) is 23.2 Å². The van der Waals surface area contributed by atoms with Gasteiger partial charge in [-0.3, -0.25) is 4.79 Å². The van der Waals surface area contributed by atoms with Gasteiger partial charge in [0.1, 0.15) is 5.69 Å². The fourth-order valence-electron chi connectivity index (χ4n) is 1.83. The molecule has 0 bridgehead atoms. The van der Waals surface area contributed by atoms with E-state index in [9.17, 15) is 9.59 Å². The van der Waals surface area contributed by atoms with Crippen molar-refractivity contribution in [2.75, 3.05) is 5.32 Å². The molecular weight excluding hydrogens is 315 g/mol. The lowest BCUT2D eigenvalue weighted by Gasteiger charge is -2.11. The minimum atomic E-state index is -1.14. The molecule has 0 fully saturated rings. The van der Waals surface area contributed by atoms with Crippen molar-refractivity contribution in [3.63, 3.8) is 0 Å². The second kappa shape index (κ2) is 5.79. The van der Waals surface area contributed by atoms with Gasteiger partial charge < -0.3 is 15.0 Å². The molecule has 2 aromatic rings. The molecule has 0 aliphatic rings. The number of carbonyl (C=O) groups is 2. The van der Waals surface area contributed by atoms with E-state index in [1.807, 2.05) is 13.0 Å². The lowest BCUT2D eigenvalue weighted by Crippen LogP contribution is -2.16. The Kier molecular flexibility index (Phi) is 4.25. The Morgan fingerprint density at radius 1 is 1.19 bits per heavy atom. The number of hydrogen-bond acceptors (Lipinski definition) is 2. The number of aromatic carboxylic acids is 1. The highest BCUT2D eigenvalue weighted by Gasteiger charge is 2.17. The van der Waals surface area contributed by atoms with Crippen molar-refractivity contribution in [1.29, 1.82) is 0 Å². The molecule has 110 valence electrons. The molecule has 0 aliphatic carbocycles. The normalized spacial score (nSPS) is 10.5. The van der Waals surface area contributed by atoms with Crippen LogP contribution in [-0.4, -0.2) is 21.6 Å². The largest absolute Gasteiger partial charge is 0.478 e. The Labute approximate surface area is 131 Å². The lowest BCUT2D eigenvalue weighted by molar-refractivity contribution is 0.0696. The van der Waals surface area contributed by atoms with Crippen molar-refractivity contribution < 1.29 is 14.7 Å². The zero-order valence-electron chi connectivity index (χ0n) is 11.3. The molecule has 0 saturated carbocycles. The van der Waals surface area contributed by atoms with E-state index in [0.717, 1.165) is 5.69 Å². The molecule has 1 aromatic carbocycles. The number of halogens is 2. The minimum absolute atomic E-state index is 0.0438. The molecule has 2 rings (SSSR count). The summed E-state index contributed by atoms with van der Waals surface area (Å²) in [5.41, 5.74) is 1.52. The Morgan fingerprint density at radius 2 is 1.76 bits per heavy atom. The predicted octanol–water partition coefficient (Wildman–Crippen LogP) is 3.59. The first-order valence-electron chi connectivity index (χ1n) is 5.97. The van der Waals surface area contributed by atoms with Crippen LogP contribution in [0.4, 0.5) is 5.69 Å². The number of nitrogens with zero attached hydrogens (tertiary/aromatic N) is 1. The molecular formula is C14H12Cl2N2O3. The number of anilines is 1. The molecule has 0 atom stereocenters. The van der Waals surface area contributed by atoms with Gasteiger partial charge in [-0.05, 0) is 31.2 Å². The topological polar surface area (TPSA) is 71.3 Å². The van der Waals surface area contributed by atoms with Crippen LogP contribution in [0.5, 0.6) is 0 Å². The monoisotopic (exact) mass is 326 g/mol. The molecule has 0 radical (unpaired) electrons. The van der Waals surface area contributed by atoms with E-state index in [1.165, 1.54) is 12.1 Å². The SMILES string of the molecule is Cc1ccc(C(=O)Nc2c(Cl)cc(C(=O)O)cc2Cl)n1C. The van der Waals surface area contributed by atoms with Gasteiger partial charge in [0.15, 0.2) is 0 Å². The van der Waals surface area contributed by atoms with E-state index >= 15 is 0 Å². The summed E-state index contributed by atoms with van der Waals surface area (Å²) in [5.74, 6) is -1.52. The van der Waals surface area contributed by atoms with Crippen LogP contribution in [0.1, 0.15) is 26.5 Å². The average molecular weight is 327 g/mol. The number of benzene rings is 1. The molecule has 2 N–H and O–H groups in total. The molecule has 0 unspecified atom stereocenters. The van der Waals surface area contributed by atoms with Gasteiger partial charge in [0, 0.05) is 12.7 Å². The van der Waals surface area contributed by atoms with Crippen molar-refractivity contribution in [3.8, 4) is 0 Å². The molecule has 0 aliphatic heterocycles. The first-order valence-corrected chi connectivity index (χ1v) is 6.73. The van der Waals surface area contributed by atoms with E-state index in [4.69, 9.17) is 28.3 Å². The number of carboxylic acids is 1. The van der Waals surface area contributed by atoms with Crippen LogP contribution in [0.25, 0.3) is 0 Å². The fourth-order valence-corrected chi connectivity index (χ4v) is 2.42. The molecule has 0 saturated heterocycles. The third-order valence-electron chi connectivity index (χ3n) is 3.13. The number of hydrogen-bond donors (Lipinski definition) is 2. The number of aromatic nitrogens is 1. The van der Waals surface area contributed by atoms with Crippen LogP contribution >= 0.6 is 23.2 Å². The van der Waals surface area contributed by atoms with Crippen molar-refractivity contribution in [2.24, 2.45) is 7.05 Å². The molecule has 1 heterocycles. The van der Waals surface area contributed by atoms with Gasteiger partial charge in [-0.25, -0.2) is 4.79 Å². The molecule has 1 amide bonds. The molecule has 7 heteroatoms. The second-order valence-electron chi connectivity index (χ2n) is 4.49. The van der Waals surface area contributed by atoms with Gasteiger partial charge in [-0.15, -0.1) is 0 Å². The summed E-state index contributed by atoms with van der Waals surface area (Å²) in [4.78, 5) is 23.1. The van der Waals surface area contributed by atoms with E-state index in [0.29, 0.717) is 5.69 Å². The molecule has 21 heavy (non-hydrogen) atoms. The van der Waals surface area contributed by atoms with Crippen LogP contribution < -0.4 is 5.32 Å². The quantitative estimate of drug-likeness (QED) is 0.905. The first kappa shape index (κ1) is 15.4. The smallest absolute Gasteiger partial charge is 0.335 e.